The van der Waals surface area contributed by atoms with E-state index in [2.05, 4.69) is 38.5 Å². The quantitative estimate of drug-likeness (QED) is 0.339. The van der Waals surface area contributed by atoms with Crippen LogP contribution in [0.15, 0.2) is 22.0 Å². The second-order valence-corrected chi connectivity index (χ2v) is 6.34. The van der Waals surface area contributed by atoms with Gasteiger partial charge >= 0.3 is 0 Å². The van der Waals surface area contributed by atoms with E-state index in [9.17, 15) is 0 Å². The fourth-order valence-electron chi connectivity index (χ4n) is 1.25. The Hall–Kier alpha value is 0.180. The van der Waals surface area contributed by atoms with Crippen molar-refractivity contribution in [1.29, 1.82) is 0 Å². The Balaban J connectivity index is 3.63. The minimum absolute atomic E-state index is 1.25. The second kappa shape index (κ2) is 11.7. The molecule has 0 aromatic carbocycles. The highest BCUT2D eigenvalue weighted by molar-refractivity contribution is 8.78. The Morgan fingerprint density at radius 2 is 1.19 bits per heavy atom. The van der Waals surface area contributed by atoms with Gasteiger partial charge in [0.15, 0.2) is 0 Å². The van der Waals surface area contributed by atoms with E-state index in [-0.39, 0.29) is 0 Å². The molecular formula is C14H26S2. The highest BCUT2D eigenvalue weighted by Gasteiger charge is 1.91. The van der Waals surface area contributed by atoms with E-state index in [1.807, 2.05) is 21.6 Å². The molecular weight excluding hydrogens is 232 g/mol. The maximum Gasteiger partial charge on any atom is -0.0189 e. The van der Waals surface area contributed by atoms with E-state index in [0.29, 0.717) is 0 Å². The number of hydrogen-bond acceptors (Lipinski definition) is 2. The molecule has 16 heavy (non-hydrogen) atoms. The zero-order valence-electron chi connectivity index (χ0n) is 11.2. The maximum absolute atomic E-state index is 2.30. The van der Waals surface area contributed by atoms with Gasteiger partial charge in [0.2, 0.25) is 0 Å². The molecule has 0 atom stereocenters. The molecule has 0 bridgehead atoms. The van der Waals surface area contributed by atoms with Crippen LogP contribution in [-0.2, 0) is 0 Å². The fourth-order valence-corrected chi connectivity index (χ4v) is 3.24. The van der Waals surface area contributed by atoms with E-state index in [0.717, 1.165) is 0 Å². The van der Waals surface area contributed by atoms with Gasteiger partial charge in [-0.15, -0.1) is 0 Å². The number of rotatable bonds is 9. The van der Waals surface area contributed by atoms with Crippen molar-refractivity contribution < 1.29 is 0 Å². The Labute approximate surface area is 110 Å². The van der Waals surface area contributed by atoms with Gasteiger partial charge in [0.1, 0.15) is 0 Å². The second-order valence-electron chi connectivity index (χ2n) is 4.33. The number of allylic oxidation sites excluding steroid dienone is 2. The third kappa shape index (κ3) is 10.7. The Kier molecular flexibility index (Phi) is 11.8. The lowest BCUT2D eigenvalue weighted by Crippen LogP contribution is -1.75. The van der Waals surface area contributed by atoms with Crippen LogP contribution < -0.4 is 0 Å². The largest absolute Gasteiger partial charge is 0.0662 e. The first-order chi connectivity index (χ1) is 7.70. The van der Waals surface area contributed by atoms with Crippen LogP contribution in [0.3, 0.4) is 0 Å². The van der Waals surface area contributed by atoms with Gasteiger partial charge < -0.3 is 0 Å². The minimum Gasteiger partial charge on any atom is -0.0662 e. The summed E-state index contributed by atoms with van der Waals surface area (Å²) in [6.07, 6.45) is 7.72. The smallest absolute Gasteiger partial charge is 0.0189 e. The summed E-state index contributed by atoms with van der Waals surface area (Å²) in [6.45, 7) is 8.96. The van der Waals surface area contributed by atoms with Crippen molar-refractivity contribution in [2.24, 2.45) is 0 Å². The normalized spacial score (nSPS) is 13.2. The molecule has 0 unspecified atom stereocenters. The summed E-state index contributed by atoms with van der Waals surface area (Å²) in [5, 5.41) is 4.59. The van der Waals surface area contributed by atoms with Crippen LogP contribution in [0, 0.1) is 0 Å². The molecule has 0 aromatic rings. The molecule has 0 heterocycles. The van der Waals surface area contributed by atoms with Crippen molar-refractivity contribution in [3.05, 3.63) is 22.0 Å². The number of unbranched alkanes of at least 4 members (excludes halogenated alkanes) is 2. The van der Waals surface area contributed by atoms with Crippen molar-refractivity contribution in [2.45, 2.75) is 66.2 Å². The molecule has 0 fully saturated rings. The summed E-state index contributed by atoms with van der Waals surface area (Å²) in [4.78, 5) is 0. The fraction of sp³-hybridized carbons (Fsp3) is 0.714. The van der Waals surface area contributed by atoms with Crippen LogP contribution in [0.2, 0.25) is 0 Å². The zero-order chi connectivity index (χ0) is 12.2. The molecule has 0 aromatic heterocycles. The molecule has 0 aliphatic heterocycles. The summed E-state index contributed by atoms with van der Waals surface area (Å²) >= 11 is 0. The van der Waals surface area contributed by atoms with E-state index in [1.54, 1.807) is 0 Å². The summed E-state index contributed by atoms with van der Waals surface area (Å²) in [5.74, 6) is 0. The van der Waals surface area contributed by atoms with Crippen molar-refractivity contribution >= 4 is 21.6 Å². The van der Waals surface area contributed by atoms with Crippen molar-refractivity contribution in [3.63, 3.8) is 0 Å². The Morgan fingerprint density at radius 1 is 0.812 bits per heavy atom. The lowest BCUT2D eigenvalue weighted by molar-refractivity contribution is 0.788. The average molecular weight is 258 g/mol. The molecule has 0 N–H and O–H groups in total. The molecule has 0 saturated heterocycles. The maximum atomic E-state index is 2.30. The molecule has 0 nitrogen and oxygen atoms in total. The molecule has 94 valence electrons. The zero-order valence-corrected chi connectivity index (χ0v) is 12.8. The van der Waals surface area contributed by atoms with Crippen LogP contribution in [0.25, 0.3) is 0 Å². The third-order valence-corrected chi connectivity index (χ3v) is 4.42. The first-order valence-corrected chi connectivity index (χ1v) is 8.61. The van der Waals surface area contributed by atoms with Crippen LogP contribution >= 0.6 is 21.6 Å². The average Bonchev–Trinajstić information content (AvgIpc) is 2.29. The first kappa shape index (κ1) is 16.2. The van der Waals surface area contributed by atoms with Gasteiger partial charge in [-0.1, -0.05) is 59.4 Å². The Morgan fingerprint density at radius 3 is 1.50 bits per heavy atom. The predicted molar refractivity (Wildman–Crippen MR) is 81.7 cm³/mol. The monoisotopic (exact) mass is 258 g/mol. The van der Waals surface area contributed by atoms with E-state index >= 15 is 0 Å². The minimum atomic E-state index is 1.25. The van der Waals surface area contributed by atoms with Crippen LogP contribution in [0.1, 0.15) is 66.2 Å². The van der Waals surface area contributed by atoms with Gasteiger partial charge in [-0.3, -0.25) is 0 Å². The summed E-state index contributed by atoms with van der Waals surface area (Å²) < 4.78 is 0. The SMILES string of the molecule is CCCC/C(C)=C\SS/C=C(\C)CCCC. The molecule has 0 radical (unpaired) electrons. The molecule has 0 rings (SSSR count). The lowest BCUT2D eigenvalue weighted by Gasteiger charge is -1.99. The van der Waals surface area contributed by atoms with Gasteiger partial charge in [-0.2, -0.15) is 0 Å². The standard InChI is InChI=1S/C14H26S2/c1-5-7-9-13(3)11-15-16-12-14(4)10-8-6-2/h11-12H,5-10H2,1-4H3/b13-11-,14-12+. The molecule has 0 amide bonds. The van der Waals surface area contributed by atoms with Crippen molar-refractivity contribution in [1.82, 2.24) is 0 Å². The van der Waals surface area contributed by atoms with Crippen LogP contribution in [0.5, 0.6) is 0 Å². The topological polar surface area (TPSA) is 0 Å². The van der Waals surface area contributed by atoms with E-state index in [4.69, 9.17) is 0 Å². The Bertz CT molecular complexity index is 193. The van der Waals surface area contributed by atoms with Gasteiger partial charge in [0, 0.05) is 0 Å². The van der Waals surface area contributed by atoms with Crippen molar-refractivity contribution in [3.8, 4) is 0 Å². The van der Waals surface area contributed by atoms with Crippen LogP contribution in [-0.4, -0.2) is 0 Å². The van der Waals surface area contributed by atoms with Gasteiger partial charge in [0.05, 0.1) is 0 Å². The van der Waals surface area contributed by atoms with Crippen molar-refractivity contribution in [2.75, 3.05) is 0 Å². The van der Waals surface area contributed by atoms with Crippen LogP contribution in [0.4, 0.5) is 0 Å². The van der Waals surface area contributed by atoms with Gasteiger partial charge in [-0.05, 0) is 50.3 Å². The highest BCUT2D eigenvalue weighted by atomic mass is 33.1. The summed E-state index contributed by atoms with van der Waals surface area (Å²) in [6, 6.07) is 0. The van der Waals surface area contributed by atoms with E-state index in [1.165, 1.54) is 49.7 Å². The molecule has 0 aliphatic rings. The van der Waals surface area contributed by atoms with E-state index < -0.39 is 0 Å². The summed E-state index contributed by atoms with van der Waals surface area (Å²) in [5.41, 5.74) is 3.03. The molecule has 2 heteroatoms. The summed E-state index contributed by atoms with van der Waals surface area (Å²) in [7, 11) is 3.70. The predicted octanol–water partition coefficient (Wildman–Crippen LogP) is 6.56. The molecule has 0 aliphatic carbocycles. The number of hydrogen-bond donors (Lipinski definition) is 0. The lowest BCUT2D eigenvalue weighted by atomic mass is 10.2. The van der Waals surface area contributed by atoms with Gasteiger partial charge in [-0.25, -0.2) is 0 Å². The molecule has 0 saturated carbocycles. The molecule has 0 spiro atoms. The first-order valence-electron chi connectivity index (χ1n) is 6.34. The third-order valence-electron chi connectivity index (χ3n) is 2.40. The van der Waals surface area contributed by atoms with Gasteiger partial charge in [0.25, 0.3) is 0 Å². The highest BCUT2D eigenvalue weighted by Crippen LogP contribution is 2.28.